The van der Waals surface area contributed by atoms with Crippen LogP contribution in [0.2, 0.25) is 0 Å². The maximum Gasteiger partial charge on any atom is 0.221 e. The molecule has 3 N–H and O–H groups in total. The van der Waals surface area contributed by atoms with Crippen molar-refractivity contribution in [1.82, 2.24) is 10.6 Å². The van der Waals surface area contributed by atoms with E-state index in [1.807, 2.05) is 37.3 Å². The minimum atomic E-state index is -0.207. The molecule has 0 atom stereocenters. The average molecular weight is 356 g/mol. The van der Waals surface area contributed by atoms with E-state index in [9.17, 15) is 9.18 Å². The van der Waals surface area contributed by atoms with Crippen LogP contribution in [0, 0.1) is 12.7 Å². The van der Waals surface area contributed by atoms with E-state index < -0.39 is 0 Å². The van der Waals surface area contributed by atoms with Crippen LogP contribution < -0.4 is 16.0 Å². The zero-order valence-corrected chi connectivity index (χ0v) is 15.4. The van der Waals surface area contributed by atoms with Crippen molar-refractivity contribution < 1.29 is 9.18 Å². The van der Waals surface area contributed by atoms with Crippen LogP contribution >= 0.6 is 0 Å². The summed E-state index contributed by atoms with van der Waals surface area (Å²) in [4.78, 5) is 15.7. The predicted octanol–water partition coefficient (Wildman–Crippen LogP) is 3.35. The molecule has 0 unspecified atom stereocenters. The number of rotatable bonds is 6. The van der Waals surface area contributed by atoms with Crippen molar-refractivity contribution in [3.63, 3.8) is 0 Å². The van der Waals surface area contributed by atoms with Gasteiger partial charge in [0.15, 0.2) is 5.96 Å². The second kappa shape index (κ2) is 9.56. The highest BCUT2D eigenvalue weighted by Crippen LogP contribution is 2.12. The predicted molar refractivity (Wildman–Crippen MR) is 104 cm³/mol. The summed E-state index contributed by atoms with van der Waals surface area (Å²) in [6, 6.07) is 12.8. The Morgan fingerprint density at radius 3 is 2.62 bits per heavy atom. The number of nitrogens with zero attached hydrogens (tertiary/aromatic N) is 1. The Morgan fingerprint density at radius 1 is 1.12 bits per heavy atom. The van der Waals surface area contributed by atoms with Crippen molar-refractivity contribution in [2.75, 3.05) is 11.9 Å². The summed E-state index contributed by atoms with van der Waals surface area (Å²) in [5.41, 5.74) is 3.22. The quantitative estimate of drug-likeness (QED) is 0.549. The lowest BCUT2D eigenvalue weighted by Crippen LogP contribution is -2.36. The minimum absolute atomic E-state index is 0.106. The van der Waals surface area contributed by atoms with E-state index in [4.69, 9.17) is 0 Å². The molecule has 0 radical (unpaired) electrons. The molecule has 6 heteroatoms. The number of aryl methyl sites for hydroxylation is 1. The van der Waals surface area contributed by atoms with Crippen LogP contribution in [-0.2, 0) is 17.9 Å². The fourth-order valence-electron chi connectivity index (χ4n) is 2.39. The highest BCUT2D eigenvalue weighted by molar-refractivity contribution is 5.88. The van der Waals surface area contributed by atoms with Gasteiger partial charge >= 0.3 is 0 Å². The number of hydrogen-bond donors (Lipinski definition) is 3. The second-order valence-corrected chi connectivity index (χ2v) is 6.01. The number of guanidine groups is 1. The number of hydrogen-bond acceptors (Lipinski definition) is 2. The standard InChI is InChI=1S/C20H25FN4O/c1-4-22-20(24-13-17-9-8-14(2)19(21)11-17)23-12-16-6-5-7-18(10-16)25-15(3)26/h5-11H,4,12-13H2,1-3H3,(H,25,26)(H2,22,23,24). The zero-order chi connectivity index (χ0) is 18.9. The van der Waals surface area contributed by atoms with Crippen molar-refractivity contribution in [2.24, 2.45) is 4.99 Å². The third-order valence-corrected chi connectivity index (χ3v) is 3.71. The van der Waals surface area contributed by atoms with Gasteiger partial charge in [-0.3, -0.25) is 4.79 Å². The Bertz CT molecular complexity index is 789. The van der Waals surface area contributed by atoms with E-state index in [-0.39, 0.29) is 11.7 Å². The lowest BCUT2D eigenvalue weighted by molar-refractivity contribution is -0.114. The number of aliphatic imine (C=N–C) groups is 1. The molecule has 2 aromatic rings. The van der Waals surface area contributed by atoms with Gasteiger partial charge in [-0.1, -0.05) is 24.3 Å². The van der Waals surface area contributed by atoms with Crippen molar-refractivity contribution in [1.29, 1.82) is 0 Å². The first-order chi connectivity index (χ1) is 12.5. The first-order valence-electron chi connectivity index (χ1n) is 8.61. The number of nitrogens with one attached hydrogen (secondary N) is 3. The molecule has 0 fully saturated rings. The number of carbonyl (C=O) groups is 1. The summed E-state index contributed by atoms with van der Waals surface area (Å²) >= 11 is 0. The molecule has 0 aliphatic rings. The third-order valence-electron chi connectivity index (χ3n) is 3.71. The molecule has 0 bridgehead atoms. The van der Waals surface area contributed by atoms with Gasteiger partial charge in [-0.25, -0.2) is 9.38 Å². The van der Waals surface area contributed by atoms with E-state index in [2.05, 4.69) is 20.9 Å². The van der Waals surface area contributed by atoms with Gasteiger partial charge in [0.2, 0.25) is 5.91 Å². The molecule has 0 aliphatic carbocycles. The first-order valence-corrected chi connectivity index (χ1v) is 8.61. The maximum atomic E-state index is 13.6. The highest BCUT2D eigenvalue weighted by Gasteiger charge is 2.03. The molecule has 26 heavy (non-hydrogen) atoms. The molecule has 138 valence electrons. The molecule has 0 heterocycles. The lowest BCUT2D eigenvalue weighted by Gasteiger charge is -2.12. The summed E-state index contributed by atoms with van der Waals surface area (Å²) in [5.74, 6) is 0.338. The molecule has 2 rings (SSSR count). The van der Waals surface area contributed by atoms with Crippen molar-refractivity contribution in [3.05, 3.63) is 65.0 Å². The van der Waals surface area contributed by atoms with Crippen LogP contribution in [0.4, 0.5) is 10.1 Å². The van der Waals surface area contributed by atoms with Gasteiger partial charge in [-0.05, 0) is 48.7 Å². The van der Waals surface area contributed by atoms with Crippen LogP contribution in [-0.4, -0.2) is 18.4 Å². The number of anilines is 1. The Labute approximate surface area is 153 Å². The number of carbonyl (C=O) groups excluding carboxylic acids is 1. The average Bonchev–Trinajstić information content (AvgIpc) is 2.60. The number of halogens is 1. The van der Waals surface area contributed by atoms with Gasteiger partial charge in [0.1, 0.15) is 5.82 Å². The fraction of sp³-hybridized carbons (Fsp3) is 0.300. The molecule has 0 saturated heterocycles. The maximum absolute atomic E-state index is 13.6. The van der Waals surface area contributed by atoms with Gasteiger partial charge in [-0.15, -0.1) is 0 Å². The smallest absolute Gasteiger partial charge is 0.221 e. The van der Waals surface area contributed by atoms with E-state index in [0.717, 1.165) is 23.4 Å². The lowest BCUT2D eigenvalue weighted by atomic mass is 10.1. The number of benzene rings is 2. The highest BCUT2D eigenvalue weighted by atomic mass is 19.1. The zero-order valence-electron chi connectivity index (χ0n) is 15.4. The summed E-state index contributed by atoms with van der Waals surface area (Å²) in [6.07, 6.45) is 0. The van der Waals surface area contributed by atoms with Crippen LogP contribution in [0.1, 0.15) is 30.5 Å². The van der Waals surface area contributed by atoms with Gasteiger partial charge < -0.3 is 16.0 Å². The van der Waals surface area contributed by atoms with E-state index in [1.165, 1.54) is 13.0 Å². The van der Waals surface area contributed by atoms with Gasteiger partial charge in [0.05, 0.1) is 6.54 Å². The molecule has 1 amide bonds. The fourth-order valence-corrected chi connectivity index (χ4v) is 2.39. The molecular weight excluding hydrogens is 331 g/mol. The normalized spacial score (nSPS) is 11.2. The summed E-state index contributed by atoms with van der Waals surface area (Å²) in [5, 5.41) is 9.13. The SMILES string of the molecule is CCNC(=NCc1cccc(NC(C)=O)c1)NCc1ccc(C)c(F)c1. The van der Waals surface area contributed by atoms with Crippen molar-refractivity contribution in [2.45, 2.75) is 33.9 Å². The molecule has 2 aromatic carbocycles. The van der Waals surface area contributed by atoms with Gasteiger partial charge in [0.25, 0.3) is 0 Å². The Kier molecular flexibility index (Phi) is 7.14. The third kappa shape index (κ3) is 6.20. The Morgan fingerprint density at radius 2 is 1.92 bits per heavy atom. The summed E-state index contributed by atoms with van der Waals surface area (Å²) in [7, 11) is 0. The molecule has 5 nitrogen and oxygen atoms in total. The Hall–Kier alpha value is -2.89. The van der Waals surface area contributed by atoms with E-state index in [0.29, 0.717) is 24.6 Å². The summed E-state index contributed by atoms with van der Waals surface area (Å²) in [6.45, 7) is 6.87. The molecule has 0 aliphatic heterocycles. The van der Waals surface area contributed by atoms with Gasteiger partial charge in [-0.2, -0.15) is 0 Å². The second-order valence-electron chi connectivity index (χ2n) is 6.01. The largest absolute Gasteiger partial charge is 0.357 e. The molecule has 0 saturated carbocycles. The topological polar surface area (TPSA) is 65.5 Å². The van der Waals surface area contributed by atoms with Crippen LogP contribution in [0.5, 0.6) is 0 Å². The molecule has 0 spiro atoms. The first kappa shape index (κ1) is 19.4. The van der Waals surface area contributed by atoms with Gasteiger partial charge in [0, 0.05) is 25.7 Å². The van der Waals surface area contributed by atoms with Crippen LogP contribution in [0.15, 0.2) is 47.5 Å². The van der Waals surface area contributed by atoms with Crippen LogP contribution in [0.3, 0.4) is 0 Å². The minimum Gasteiger partial charge on any atom is -0.357 e. The number of amides is 1. The molecule has 0 aromatic heterocycles. The Balaban J connectivity index is 2.01. The van der Waals surface area contributed by atoms with Crippen LogP contribution in [0.25, 0.3) is 0 Å². The summed E-state index contributed by atoms with van der Waals surface area (Å²) < 4.78 is 13.6. The monoisotopic (exact) mass is 356 g/mol. The van der Waals surface area contributed by atoms with E-state index >= 15 is 0 Å². The van der Waals surface area contributed by atoms with E-state index in [1.54, 1.807) is 13.0 Å². The van der Waals surface area contributed by atoms with Crippen molar-refractivity contribution >= 4 is 17.6 Å². The van der Waals surface area contributed by atoms with Crippen molar-refractivity contribution in [3.8, 4) is 0 Å². The molecular formula is C20H25FN4O.